The molecule has 1 fully saturated rings. The number of nitro benzene ring substituents is 1. The van der Waals surface area contributed by atoms with Gasteiger partial charge in [-0.3, -0.25) is 10.1 Å². The Labute approximate surface area is 125 Å². The predicted octanol–water partition coefficient (Wildman–Crippen LogP) is 2.50. The van der Waals surface area contributed by atoms with Gasteiger partial charge < -0.3 is 5.32 Å². The summed E-state index contributed by atoms with van der Waals surface area (Å²) in [6, 6.07) is 5.30. The summed E-state index contributed by atoms with van der Waals surface area (Å²) in [5.41, 5.74) is 0.779. The average Bonchev–Trinajstić information content (AvgIpc) is 3.19. The van der Waals surface area contributed by atoms with Gasteiger partial charge >= 0.3 is 0 Å². The van der Waals surface area contributed by atoms with Crippen LogP contribution in [0.25, 0.3) is 0 Å². The minimum atomic E-state index is -0.394. The molecule has 1 aromatic heterocycles. The number of nitro groups is 1. The van der Waals surface area contributed by atoms with E-state index in [-0.39, 0.29) is 5.69 Å². The first-order valence-electron chi connectivity index (χ1n) is 6.66. The molecule has 9 heteroatoms. The smallest absolute Gasteiger partial charge is 0.272 e. The van der Waals surface area contributed by atoms with Crippen LogP contribution in [0.3, 0.4) is 0 Å². The maximum absolute atomic E-state index is 11.0. The number of nitrogens with zero attached hydrogens (tertiary/aromatic N) is 5. The molecule has 1 heterocycles. The second kappa shape index (κ2) is 5.68. The molecule has 8 nitrogen and oxygen atoms in total. The zero-order chi connectivity index (χ0) is 14.8. The summed E-state index contributed by atoms with van der Waals surface area (Å²) in [7, 11) is 0. The van der Waals surface area contributed by atoms with E-state index in [1.807, 2.05) is 13.0 Å². The lowest BCUT2D eigenvalue weighted by atomic mass is 10.3. The highest BCUT2D eigenvalue weighted by Crippen LogP contribution is 2.39. The Balaban J connectivity index is 1.89. The summed E-state index contributed by atoms with van der Waals surface area (Å²) in [6.45, 7) is 2.64. The fourth-order valence-corrected chi connectivity index (χ4v) is 2.89. The zero-order valence-electron chi connectivity index (χ0n) is 11.4. The Morgan fingerprint density at radius 3 is 2.95 bits per heavy atom. The van der Waals surface area contributed by atoms with E-state index in [1.54, 1.807) is 4.68 Å². The van der Waals surface area contributed by atoms with Crippen molar-refractivity contribution in [3.8, 4) is 0 Å². The van der Waals surface area contributed by atoms with Crippen LogP contribution in [0, 0.1) is 10.1 Å². The molecule has 3 rings (SSSR count). The summed E-state index contributed by atoms with van der Waals surface area (Å²) in [4.78, 5) is 11.4. The first-order chi connectivity index (χ1) is 10.2. The van der Waals surface area contributed by atoms with Crippen molar-refractivity contribution in [1.29, 1.82) is 0 Å². The second-order valence-corrected chi connectivity index (χ2v) is 5.78. The summed E-state index contributed by atoms with van der Waals surface area (Å²) >= 11 is 1.34. The van der Waals surface area contributed by atoms with Gasteiger partial charge in [-0.15, -0.1) is 5.10 Å². The molecule has 21 heavy (non-hydrogen) atoms. The van der Waals surface area contributed by atoms with Crippen LogP contribution in [-0.2, 0) is 0 Å². The van der Waals surface area contributed by atoms with E-state index in [9.17, 15) is 10.1 Å². The summed E-state index contributed by atoms with van der Waals surface area (Å²) < 4.78 is 1.79. The molecule has 0 atom stereocenters. The SMILES string of the molecule is CCNc1cc(Sc2nnnn2C2CC2)cc([N+](=O)[O-])c1. The predicted molar refractivity (Wildman–Crippen MR) is 77.5 cm³/mol. The molecular weight excluding hydrogens is 292 g/mol. The van der Waals surface area contributed by atoms with Gasteiger partial charge in [0.1, 0.15) is 0 Å². The highest BCUT2D eigenvalue weighted by atomic mass is 32.2. The number of non-ortho nitro benzene ring substituents is 1. The molecule has 0 aliphatic heterocycles. The lowest BCUT2D eigenvalue weighted by Crippen LogP contribution is -2.00. The van der Waals surface area contributed by atoms with Gasteiger partial charge in [-0.25, -0.2) is 4.68 Å². The Hall–Kier alpha value is -2.16. The number of aromatic nitrogens is 4. The van der Waals surface area contributed by atoms with Gasteiger partial charge in [0.15, 0.2) is 0 Å². The molecule has 0 amide bonds. The molecule has 2 aromatic rings. The molecule has 1 aromatic carbocycles. The third-order valence-electron chi connectivity index (χ3n) is 3.05. The third kappa shape index (κ3) is 3.13. The van der Waals surface area contributed by atoms with E-state index in [2.05, 4.69) is 20.8 Å². The van der Waals surface area contributed by atoms with Gasteiger partial charge in [0.25, 0.3) is 5.69 Å². The maximum atomic E-state index is 11.0. The molecule has 1 aliphatic rings. The van der Waals surface area contributed by atoms with E-state index in [0.717, 1.165) is 23.4 Å². The van der Waals surface area contributed by atoms with Crippen LogP contribution in [-0.4, -0.2) is 31.7 Å². The van der Waals surface area contributed by atoms with E-state index in [4.69, 9.17) is 0 Å². The molecule has 1 N–H and O–H groups in total. The number of hydrogen-bond donors (Lipinski definition) is 1. The minimum absolute atomic E-state index is 0.0568. The molecule has 1 saturated carbocycles. The van der Waals surface area contributed by atoms with Gasteiger partial charge in [0.2, 0.25) is 5.16 Å². The molecular formula is C12H14N6O2S. The Morgan fingerprint density at radius 2 is 2.29 bits per heavy atom. The Bertz CT molecular complexity index is 670. The Morgan fingerprint density at radius 1 is 1.48 bits per heavy atom. The van der Waals surface area contributed by atoms with E-state index in [1.165, 1.54) is 23.9 Å². The first-order valence-corrected chi connectivity index (χ1v) is 7.48. The molecule has 0 saturated heterocycles. The monoisotopic (exact) mass is 306 g/mol. The summed E-state index contributed by atoms with van der Waals surface area (Å²) in [6.07, 6.45) is 2.16. The van der Waals surface area contributed by atoms with Gasteiger partial charge in [-0.05, 0) is 48.0 Å². The number of nitrogens with one attached hydrogen (secondary N) is 1. The lowest BCUT2D eigenvalue weighted by molar-refractivity contribution is -0.385. The van der Waals surface area contributed by atoms with Crippen LogP contribution in [0.5, 0.6) is 0 Å². The van der Waals surface area contributed by atoms with Crippen molar-refractivity contribution in [3.05, 3.63) is 28.3 Å². The number of benzene rings is 1. The fourth-order valence-electron chi connectivity index (χ4n) is 1.96. The van der Waals surface area contributed by atoms with Crippen LogP contribution >= 0.6 is 11.8 Å². The van der Waals surface area contributed by atoms with Crippen molar-refractivity contribution in [2.24, 2.45) is 0 Å². The normalized spacial score (nSPS) is 14.1. The molecule has 0 radical (unpaired) electrons. The number of hydrogen-bond acceptors (Lipinski definition) is 7. The summed E-state index contributed by atoms with van der Waals surface area (Å²) in [5.74, 6) is 0. The summed E-state index contributed by atoms with van der Waals surface area (Å²) in [5, 5.41) is 26.4. The molecule has 0 bridgehead atoms. The van der Waals surface area contributed by atoms with Gasteiger partial charge in [-0.1, -0.05) is 0 Å². The van der Waals surface area contributed by atoms with Crippen molar-refractivity contribution in [2.75, 3.05) is 11.9 Å². The lowest BCUT2D eigenvalue weighted by Gasteiger charge is -2.07. The van der Waals surface area contributed by atoms with Gasteiger partial charge in [0.05, 0.1) is 11.0 Å². The van der Waals surface area contributed by atoms with Crippen molar-refractivity contribution in [2.45, 2.75) is 35.9 Å². The largest absolute Gasteiger partial charge is 0.385 e. The van der Waals surface area contributed by atoms with Crippen LogP contribution < -0.4 is 5.32 Å². The zero-order valence-corrected chi connectivity index (χ0v) is 12.2. The second-order valence-electron chi connectivity index (χ2n) is 4.74. The topological polar surface area (TPSA) is 98.8 Å². The highest BCUT2D eigenvalue weighted by molar-refractivity contribution is 7.99. The number of anilines is 1. The molecule has 0 spiro atoms. The first kappa shape index (κ1) is 13.8. The van der Waals surface area contributed by atoms with Crippen molar-refractivity contribution in [3.63, 3.8) is 0 Å². The van der Waals surface area contributed by atoms with Gasteiger partial charge in [-0.2, -0.15) is 0 Å². The van der Waals surface area contributed by atoms with Crippen molar-refractivity contribution >= 4 is 23.1 Å². The quantitative estimate of drug-likeness (QED) is 0.646. The molecule has 1 aliphatic carbocycles. The van der Waals surface area contributed by atoms with Crippen molar-refractivity contribution < 1.29 is 4.92 Å². The fraction of sp³-hybridized carbons (Fsp3) is 0.417. The maximum Gasteiger partial charge on any atom is 0.272 e. The minimum Gasteiger partial charge on any atom is -0.385 e. The van der Waals surface area contributed by atoms with E-state index in [0.29, 0.717) is 17.7 Å². The average molecular weight is 306 g/mol. The van der Waals surface area contributed by atoms with Gasteiger partial charge in [0, 0.05) is 29.3 Å². The van der Waals surface area contributed by atoms with Crippen LogP contribution in [0.15, 0.2) is 28.3 Å². The molecule has 0 unspecified atom stereocenters. The number of rotatable bonds is 6. The molecule has 110 valence electrons. The van der Waals surface area contributed by atoms with E-state index < -0.39 is 4.92 Å². The highest BCUT2D eigenvalue weighted by Gasteiger charge is 2.28. The number of tetrazole rings is 1. The van der Waals surface area contributed by atoms with Crippen molar-refractivity contribution in [1.82, 2.24) is 20.2 Å². The Kier molecular flexibility index (Phi) is 3.74. The third-order valence-corrected chi connectivity index (χ3v) is 3.97. The van der Waals surface area contributed by atoms with E-state index >= 15 is 0 Å². The standard InChI is InChI=1S/C12H14N6O2S/c1-2-13-8-5-10(18(19)20)7-11(6-8)21-12-14-15-16-17(12)9-3-4-9/h5-7,9,13H,2-4H2,1H3. The van der Waals surface area contributed by atoms with Crippen LogP contribution in [0.2, 0.25) is 0 Å². The van der Waals surface area contributed by atoms with Crippen LogP contribution in [0.4, 0.5) is 11.4 Å². The van der Waals surface area contributed by atoms with Crippen LogP contribution in [0.1, 0.15) is 25.8 Å².